The molecule has 0 aromatic heterocycles. The molecule has 0 atom stereocenters. The minimum absolute atomic E-state index is 0.0833. The van der Waals surface area contributed by atoms with Crippen molar-refractivity contribution >= 4 is 0 Å². The predicted octanol–water partition coefficient (Wildman–Crippen LogP) is 2.06. The first-order valence-electron chi connectivity index (χ1n) is 7.15. The van der Waals surface area contributed by atoms with Crippen LogP contribution in [0.15, 0.2) is 24.3 Å². The molecule has 106 valence electrons. The van der Waals surface area contributed by atoms with Gasteiger partial charge in [0.2, 0.25) is 0 Å². The van der Waals surface area contributed by atoms with E-state index in [4.69, 9.17) is 4.74 Å². The lowest BCUT2D eigenvalue weighted by molar-refractivity contribution is 0.0232. The van der Waals surface area contributed by atoms with Crippen molar-refractivity contribution in [1.29, 1.82) is 0 Å². The smallest absolute Gasteiger partial charge is 0.0662 e. The summed E-state index contributed by atoms with van der Waals surface area (Å²) in [6.45, 7) is 9.84. The summed E-state index contributed by atoms with van der Waals surface area (Å²) in [6.07, 6.45) is 0.956. The van der Waals surface area contributed by atoms with Gasteiger partial charge in [0.1, 0.15) is 0 Å². The van der Waals surface area contributed by atoms with Crippen LogP contribution in [-0.2, 0) is 17.7 Å². The van der Waals surface area contributed by atoms with Crippen LogP contribution in [0.4, 0.5) is 0 Å². The molecule has 0 saturated carbocycles. The normalized spacial score (nSPS) is 17.6. The maximum absolute atomic E-state index is 5.48. The molecular formula is C16H26N2O. The zero-order chi connectivity index (χ0) is 13.7. The van der Waals surface area contributed by atoms with Crippen molar-refractivity contribution in [2.24, 2.45) is 0 Å². The second kappa shape index (κ2) is 6.51. The maximum atomic E-state index is 5.48. The summed E-state index contributed by atoms with van der Waals surface area (Å²) in [6, 6.07) is 8.98. The molecule has 0 spiro atoms. The Kier molecular flexibility index (Phi) is 4.97. The van der Waals surface area contributed by atoms with Crippen LogP contribution in [0, 0.1) is 0 Å². The second-order valence-corrected chi connectivity index (χ2v) is 5.98. The van der Waals surface area contributed by atoms with Gasteiger partial charge in [-0.25, -0.2) is 0 Å². The van der Waals surface area contributed by atoms with Gasteiger partial charge >= 0.3 is 0 Å². The lowest BCUT2D eigenvalue weighted by atomic mass is 9.97. The van der Waals surface area contributed by atoms with Gasteiger partial charge in [-0.05, 0) is 25.0 Å². The Bertz CT molecular complexity index is 380. The highest BCUT2D eigenvalue weighted by Crippen LogP contribution is 2.17. The minimum atomic E-state index is -0.0833. The second-order valence-electron chi connectivity index (χ2n) is 5.98. The van der Waals surface area contributed by atoms with Crippen LogP contribution < -0.4 is 5.32 Å². The highest BCUT2D eigenvalue weighted by atomic mass is 16.5. The number of rotatable bonds is 5. The van der Waals surface area contributed by atoms with Gasteiger partial charge in [-0.2, -0.15) is 0 Å². The van der Waals surface area contributed by atoms with E-state index in [1.165, 1.54) is 11.1 Å². The molecule has 3 heteroatoms. The molecule has 3 nitrogen and oxygen atoms in total. The molecule has 1 aromatic rings. The summed E-state index contributed by atoms with van der Waals surface area (Å²) in [4.78, 5) is 2.50. The third-order valence-corrected chi connectivity index (χ3v) is 3.82. The minimum Gasteiger partial charge on any atom is -0.378 e. The van der Waals surface area contributed by atoms with Crippen LogP contribution in [0.3, 0.4) is 0 Å². The first kappa shape index (κ1) is 14.5. The molecule has 0 unspecified atom stereocenters. The maximum Gasteiger partial charge on any atom is 0.0662 e. The van der Waals surface area contributed by atoms with Gasteiger partial charge < -0.3 is 10.1 Å². The SMILES string of the molecule is COC(C)(C)Cc1ccc(CN2CCNCC2)cc1. The fourth-order valence-electron chi connectivity index (χ4n) is 2.45. The van der Waals surface area contributed by atoms with Gasteiger partial charge in [0.05, 0.1) is 5.60 Å². The monoisotopic (exact) mass is 262 g/mol. The lowest BCUT2D eigenvalue weighted by Crippen LogP contribution is -2.42. The van der Waals surface area contributed by atoms with Crippen LogP contribution in [0.2, 0.25) is 0 Å². The third kappa shape index (κ3) is 4.60. The number of ether oxygens (including phenoxy) is 1. The number of nitrogens with zero attached hydrogens (tertiary/aromatic N) is 1. The van der Waals surface area contributed by atoms with E-state index in [-0.39, 0.29) is 5.60 Å². The standard InChI is InChI=1S/C16H26N2O/c1-16(2,19-3)12-14-4-6-15(7-5-14)13-18-10-8-17-9-11-18/h4-7,17H,8-13H2,1-3H3. The Labute approximate surface area is 116 Å². The Balaban J connectivity index is 1.90. The third-order valence-electron chi connectivity index (χ3n) is 3.82. The fourth-order valence-corrected chi connectivity index (χ4v) is 2.45. The summed E-state index contributed by atoms with van der Waals surface area (Å²) >= 11 is 0. The van der Waals surface area contributed by atoms with E-state index < -0.39 is 0 Å². The average Bonchev–Trinajstić information content (AvgIpc) is 2.42. The van der Waals surface area contributed by atoms with Crippen molar-refractivity contribution in [3.63, 3.8) is 0 Å². The van der Waals surface area contributed by atoms with Crippen LogP contribution in [-0.4, -0.2) is 43.8 Å². The van der Waals surface area contributed by atoms with Crippen molar-refractivity contribution in [2.45, 2.75) is 32.4 Å². The first-order chi connectivity index (χ1) is 9.09. The molecule has 1 aromatic carbocycles. The summed E-state index contributed by atoms with van der Waals surface area (Å²) in [5.74, 6) is 0. The molecule has 1 aliphatic rings. The van der Waals surface area contributed by atoms with Gasteiger partial charge in [0.15, 0.2) is 0 Å². The highest BCUT2D eigenvalue weighted by molar-refractivity contribution is 5.23. The molecule has 0 radical (unpaired) electrons. The van der Waals surface area contributed by atoms with Crippen LogP contribution in [0.5, 0.6) is 0 Å². The van der Waals surface area contributed by atoms with Gasteiger partial charge in [-0.3, -0.25) is 4.90 Å². The van der Waals surface area contributed by atoms with E-state index >= 15 is 0 Å². The van der Waals surface area contributed by atoms with Crippen LogP contribution in [0.1, 0.15) is 25.0 Å². The largest absolute Gasteiger partial charge is 0.378 e. The van der Waals surface area contributed by atoms with E-state index in [2.05, 4.69) is 48.3 Å². The first-order valence-corrected chi connectivity index (χ1v) is 7.15. The number of piperazine rings is 1. The predicted molar refractivity (Wildman–Crippen MR) is 79.4 cm³/mol. The summed E-state index contributed by atoms with van der Waals surface area (Å²) in [5.41, 5.74) is 2.66. The zero-order valence-corrected chi connectivity index (χ0v) is 12.4. The average molecular weight is 262 g/mol. The number of hydrogen-bond donors (Lipinski definition) is 1. The van der Waals surface area contributed by atoms with Crippen LogP contribution >= 0.6 is 0 Å². The van der Waals surface area contributed by atoms with E-state index in [0.717, 1.165) is 39.1 Å². The summed E-state index contributed by atoms with van der Waals surface area (Å²) in [7, 11) is 1.78. The van der Waals surface area contributed by atoms with Crippen molar-refractivity contribution in [3.05, 3.63) is 35.4 Å². The highest BCUT2D eigenvalue weighted by Gasteiger charge is 2.17. The Morgan fingerprint density at radius 2 is 1.68 bits per heavy atom. The summed E-state index contributed by atoms with van der Waals surface area (Å²) in [5, 5.41) is 3.39. The van der Waals surface area contributed by atoms with Gasteiger partial charge in [0, 0.05) is 46.3 Å². The van der Waals surface area contributed by atoms with Crippen molar-refractivity contribution in [3.8, 4) is 0 Å². The molecule has 0 amide bonds. The molecule has 1 aliphatic heterocycles. The number of methoxy groups -OCH3 is 1. The Morgan fingerprint density at radius 3 is 2.26 bits per heavy atom. The van der Waals surface area contributed by atoms with E-state index in [0.29, 0.717) is 0 Å². The van der Waals surface area contributed by atoms with Crippen molar-refractivity contribution in [2.75, 3.05) is 33.3 Å². The number of nitrogens with one attached hydrogen (secondary N) is 1. The molecule has 0 aliphatic carbocycles. The molecule has 1 fully saturated rings. The lowest BCUT2D eigenvalue weighted by Gasteiger charge is -2.27. The molecule has 0 bridgehead atoms. The molecule has 1 saturated heterocycles. The quantitative estimate of drug-likeness (QED) is 0.879. The van der Waals surface area contributed by atoms with Crippen molar-refractivity contribution in [1.82, 2.24) is 10.2 Å². The van der Waals surface area contributed by atoms with Crippen molar-refractivity contribution < 1.29 is 4.74 Å². The Morgan fingerprint density at radius 1 is 1.11 bits per heavy atom. The van der Waals surface area contributed by atoms with E-state index in [1.807, 2.05) is 0 Å². The molecular weight excluding hydrogens is 236 g/mol. The molecule has 2 rings (SSSR count). The van der Waals surface area contributed by atoms with E-state index in [1.54, 1.807) is 7.11 Å². The fraction of sp³-hybridized carbons (Fsp3) is 0.625. The van der Waals surface area contributed by atoms with Crippen LogP contribution in [0.25, 0.3) is 0 Å². The topological polar surface area (TPSA) is 24.5 Å². The number of hydrogen-bond acceptors (Lipinski definition) is 3. The summed E-state index contributed by atoms with van der Waals surface area (Å²) < 4.78 is 5.48. The van der Waals surface area contributed by atoms with E-state index in [9.17, 15) is 0 Å². The molecule has 1 heterocycles. The van der Waals surface area contributed by atoms with Gasteiger partial charge in [-0.15, -0.1) is 0 Å². The van der Waals surface area contributed by atoms with Gasteiger partial charge in [-0.1, -0.05) is 24.3 Å². The number of benzene rings is 1. The van der Waals surface area contributed by atoms with Gasteiger partial charge in [0.25, 0.3) is 0 Å². The Hall–Kier alpha value is -0.900. The molecule has 1 N–H and O–H groups in total. The zero-order valence-electron chi connectivity index (χ0n) is 12.4. The molecule has 19 heavy (non-hydrogen) atoms.